The molecule has 2 N–H and O–H groups in total. The fourth-order valence-corrected chi connectivity index (χ4v) is 4.83. The molecule has 0 unspecified atom stereocenters. The maximum Gasteiger partial charge on any atom is 0.335 e. The van der Waals surface area contributed by atoms with Gasteiger partial charge in [-0.25, -0.2) is 9.59 Å². The maximum atomic E-state index is 13.0. The summed E-state index contributed by atoms with van der Waals surface area (Å²) in [5, 5.41) is 11.3. The minimum absolute atomic E-state index is 0.0619. The van der Waals surface area contributed by atoms with Crippen molar-refractivity contribution < 1.29 is 29.0 Å². The average Bonchev–Trinajstić information content (AvgIpc) is 2.82. The highest BCUT2D eigenvalue weighted by Crippen LogP contribution is 2.28. The van der Waals surface area contributed by atoms with Crippen LogP contribution in [0.2, 0.25) is 0 Å². The maximum absolute atomic E-state index is 13.0. The lowest BCUT2D eigenvalue weighted by molar-refractivity contribution is -0.132. The normalized spacial score (nSPS) is 18.2. The molecule has 2 aliphatic rings. The van der Waals surface area contributed by atoms with E-state index in [2.05, 4.69) is 27.9 Å². The first-order valence-electron chi connectivity index (χ1n) is 11.0. The van der Waals surface area contributed by atoms with Crippen molar-refractivity contribution in [3.8, 4) is 5.75 Å². The Morgan fingerprint density at radius 2 is 1.79 bits per heavy atom. The molecule has 2 aromatic carbocycles. The Morgan fingerprint density at radius 3 is 2.44 bits per heavy atom. The Bertz CT molecular complexity index is 1170. The minimum Gasteiger partial charge on any atom is -0.488 e. The smallest absolute Gasteiger partial charge is 0.335 e. The van der Waals surface area contributed by atoms with E-state index in [0.717, 1.165) is 41.2 Å². The summed E-state index contributed by atoms with van der Waals surface area (Å²) in [6.45, 7) is 0.260. The van der Waals surface area contributed by atoms with Crippen LogP contribution >= 0.6 is 22.6 Å². The van der Waals surface area contributed by atoms with Gasteiger partial charge in [0.1, 0.15) is 17.9 Å². The number of aromatic carboxylic acids is 1. The number of urea groups is 1. The molecule has 1 saturated heterocycles. The zero-order valence-electron chi connectivity index (χ0n) is 18.3. The molecule has 0 atom stereocenters. The predicted octanol–water partition coefficient (Wildman–Crippen LogP) is 4.36. The third-order valence-electron chi connectivity index (χ3n) is 5.94. The van der Waals surface area contributed by atoms with Crippen molar-refractivity contribution in [3.05, 3.63) is 68.3 Å². The molecule has 0 radical (unpaired) electrons. The highest BCUT2D eigenvalue weighted by molar-refractivity contribution is 14.1. The van der Waals surface area contributed by atoms with E-state index in [0.29, 0.717) is 11.3 Å². The SMILES string of the molecule is O=C1NC(=O)N(C2CCCCC2)C(=O)C1=Cc1ccc(OCc2ccc(C(=O)O)cc2)c(I)c1. The molecule has 9 heteroatoms. The van der Waals surface area contributed by atoms with Crippen molar-refractivity contribution in [1.29, 1.82) is 0 Å². The van der Waals surface area contributed by atoms with Crippen molar-refractivity contribution in [1.82, 2.24) is 10.2 Å². The van der Waals surface area contributed by atoms with Gasteiger partial charge >= 0.3 is 12.0 Å². The first-order valence-corrected chi connectivity index (χ1v) is 12.1. The zero-order valence-corrected chi connectivity index (χ0v) is 20.4. The highest BCUT2D eigenvalue weighted by Gasteiger charge is 2.40. The topological polar surface area (TPSA) is 113 Å². The van der Waals surface area contributed by atoms with E-state index < -0.39 is 23.8 Å². The second-order valence-corrected chi connectivity index (χ2v) is 9.43. The van der Waals surface area contributed by atoms with Gasteiger partial charge in [-0.3, -0.25) is 19.8 Å². The number of halogens is 1. The average molecular weight is 574 g/mol. The monoisotopic (exact) mass is 574 g/mol. The number of imide groups is 2. The Labute approximate surface area is 210 Å². The van der Waals surface area contributed by atoms with E-state index in [-0.39, 0.29) is 23.8 Å². The molecule has 2 aromatic rings. The van der Waals surface area contributed by atoms with Crippen LogP contribution in [-0.2, 0) is 16.2 Å². The molecule has 8 nitrogen and oxygen atoms in total. The van der Waals surface area contributed by atoms with E-state index >= 15 is 0 Å². The number of nitrogens with one attached hydrogen (secondary N) is 1. The molecule has 1 aliphatic carbocycles. The number of ether oxygens (including phenoxy) is 1. The molecular weight excluding hydrogens is 551 g/mol. The van der Waals surface area contributed by atoms with Crippen molar-refractivity contribution in [3.63, 3.8) is 0 Å². The van der Waals surface area contributed by atoms with Gasteiger partial charge in [-0.2, -0.15) is 0 Å². The van der Waals surface area contributed by atoms with Gasteiger partial charge in [0.05, 0.1) is 9.13 Å². The lowest BCUT2D eigenvalue weighted by Crippen LogP contribution is -2.58. The van der Waals surface area contributed by atoms with Gasteiger partial charge in [-0.15, -0.1) is 0 Å². The van der Waals surface area contributed by atoms with E-state index in [1.807, 2.05) is 0 Å². The lowest BCUT2D eigenvalue weighted by atomic mass is 9.93. The molecule has 0 aromatic heterocycles. The molecule has 1 aliphatic heterocycles. The fourth-order valence-electron chi connectivity index (χ4n) is 4.14. The number of barbiturate groups is 1. The number of nitrogens with zero attached hydrogens (tertiary/aromatic N) is 1. The molecule has 34 heavy (non-hydrogen) atoms. The molecular formula is C25H23IN2O6. The second-order valence-electron chi connectivity index (χ2n) is 8.26. The van der Waals surface area contributed by atoms with Gasteiger partial charge in [0.15, 0.2) is 0 Å². The van der Waals surface area contributed by atoms with Gasteiger partial charge < -0.3 is 9.84 Å². The largest absolute Gasteiger partial charge is 0.488 e. The van der Waals surface area contributed by atoms with Gasteiger partial charge in [0.2, 0.25) is 0 Å². The molecule has 1 heterocycles. The van der Waals surface area contributed by atoms with E-state index in [1.165, 1.54) is 23.1 Å². The number of carboxylic acids is 1. The number of carbonyl (C=O) groups excluding carboxylic acids is 3. The van der Waals surface area contributed by atoms with E-state index in [4.69, 9.17) is 9.84 Å². The Hall–Kier alpha value is -3.21. The van der Waals surface area contributed by atoms with Crippen molar-refractivity contribution in [2.45, 2.75) is 44.8 Å². The summed E-state index contributed by atoms with van der Waals surface area (Å²) in [6.07, 6.45) is 6.00. The predicted molar refractivity (Wildman–Crippen MR) is 132 cm³/mol. The van der Waals surface area contributed by atoms with Crippen molar-refractivity contribution >= 4 is 52.5 Å². The van der Waals surface area contributed by atoms with E-state index in [9.17, 15) is 19.2 Å². The Kier molecular flexibility index (Phi) is 7.30. The van der Waals surface area contributed by atoms with Crippen LogP contribution in [0, 0.1) is 3.57 Å². The first kappa shape index (κ1) is 23.9. The van der Waals surface area contributed by atoms with Gasteiger partial charge in [-0.05, 0) is 76.9 Å². The highest BCUT2D eigenvalue weighted by atomic mass is 127. The second kappa shape index (κ2) is 10.4. The number of hydrogen-bond donors (Lipinski definition) is 2. The van der Waals surface area contributed by atoms with Crippen LogP contribution in [-0.4, -0.2) is 39.9 Å². The molecule has 4 rings (SSSR count). The van der Waals surface area contributed by atoms with Crippen LogP contribution in [0.3, 0.4) is 0 Å². The van der Waals surface area contributed by atoms with Crippen LogP contribution in [0.5, 0.6) is 5.75 Å². The van der Waals surface area contributed by atoms with Crippen LogP contribution in [0.15, 0.2) is 48.0 Å². The molecule has 2 fully saturated rings. The summed E-state index contributed by atoms with van der Waals surface area (Å²) in [5.74, 6) is -1.62. The molecule has 176 valence electrons. The summed E-state index contributed by atoms with van der Waals surface area (Å²) in [6, 6.07) is 10.9. The standard InChI is InChI=1S/C25H23IN2O6/c26-20-13-16(8-11-21(20)34-14-15-6-9-17(10-7-15)24(31)32)12-19-22(29)27-25(33)28(23(19)30)18-4-2-1-3-5-18/h6-13,18H,1-5,14H2,(H,31,32)(H,27,29,33). The number of benzene rings is 2. The molecule has 0 bridgehead atoms. The summed E-state index contributed by atoms with van der Waals surface area (Å²) in [5.41, 5.74) is 1.61. The molecule has 4 amide bonds. The van der Waals surface area contributed by atoms with Crippen molar-refractivity contribution in [2.24, 2.45) is 0 Å². The minimum atomic E-state index is -0.983. The van der Waals surface area contributed by atoms with Crippen LogP contribution < -0.4 is 10.1 Å². The number of amides is 4. The lowest BCUT2D eigenvalue weighted by Gasteiger charge is -2.35. The van der Waals surface area contributed by atoms with Gasteiger partial charge in [0.25, 0.3) is 11.8 Å². The third-order valence-corrected chi connectivity index (χ3v) is 6.78. The Morgan fingerprint density at radius 1 is 1.09 bits per heavy atom. The number of rotatable bonds is 6. The fraction of sp³-hybridized carbons (Fsp3) is 0.280. The summed E-state index contributed by atoms with van der Waals surface area (Å²) >= 11 is 2.11. The molecule has 1 saturated carbocycles. The quantitative estimate of drug-likeness (QED) is 0.301. The van der Waals surface area contributed by atoms with Crippen LogP contribution in [0.1, 0.15) is 53.6 Å². The summed E-state index contributed by atoms with van der Waals surface area (Å²) in [4.78, 5) is 50.0. The zero-order chi connectivity index (χ0) is 24.2. The third kappa shape index (κ3) is 5.30. The number of carbonyl (C=O) groups is 4. The van der Waals surface area contributed by atoms with Crippen LogP contribution in [0.25, 0.3) is 6.08 Å². The van der Waals surface area contributed by atoms with Crippen LogP contribution in [0.4, 0.5) is 4.79 Å². The molecule has 0 spiro atoms. The van der Waals surface area contributed by atoms with E-state index in [1.54, 1.807) is 30.3 Å². The van der Waals surface area contributed by atoms with Crippen molar-refractivity contribution in [2.75, 3.05) is 0 Å². The number of carboxylic acid groups (broad SMARTS) is 1. The summed E-state index contributed by atoms with van der Waals surface area (Å²) < 4.78 is 6.62. The Balaban J connectivity index is 1.48. The van der Waals surface area contributed by atoms with Gasteiger partial charge in [0, 0.05) is 6.04 Å². The summed E-state index contributed by atoms with van der Waals surface area (Å²) in [7, 11) is 0. The first-order chi connectivity index (χ1) is 16.3. The number of hydrogen-bond acceptors (Lipinski definition) is 5. The van der Waals surface area contributed by atoms with Gasteiger partial charge in [-0.1, -0.05) is 37.5 Å².